The van der Waals surface area contributed by atoms with Gasteiger partial charge in [0.25, 0.3) is 5.91 Å². The van der Waals surface area contributed by atoms with Gasteiger partial charge < -0.3 is 14.8 Å². The smallest absolute Gasteiger partial charge is 0.341 e. The van der Waals surface area contributed by atoms with Gasteiger partial charge in [-0.2, -0.15) is 0 Å². The van der Waals surface area contributed by atoms with Gasteiger partial charge >= 0.3 is 5.97 Å². The van der Waals surface area contributed by atoms with E-state index < -0.39 is 12.1 Å². The molecule has 32 heavy (non-hydrogen) atoms. The number of carbonyl (C=O) groups excluding carboxylic acids is 2. The maximum Gasteiger partial charge on any atom is 0.341 e. The Morgan fingerprint density at radius 3 is 2.47 bits per heavy atom. The number of ether oxygens (including phenoxy) is 2. The summed E-state index contributed by atoms with van der Waals surface area (Å²) in [6, 6.07) is 13.2. The van der Waals surface area contributed by atoms with Crippen molar-refractivity contribution in [3.05, 3.63) is 69.6 Å². The van der Waals surface area contributed by atoms with Gasteiger partial charge in [-0.1, -0.05) is 42.8 Å². The molecule has 5 nitrogen and oxygen atoms in total. The van der Waals surface area contributed by atoms with Crippen molar-refractivity contribution in [2.75, 3.05) is 11.9 Å². The molecule has 0 saturated carbocycles. The summed E-state index contributed by atoms with van der Waals surface area (Å²) in [4.78, 5) is 25.6. The van der Waals surface area contributed by atoms with Crippen molar-refractivity contribution in [3.8, 4) is 16.9 Å². The zero-order valence-electron chi connectivity index (χ0n) is 18.5. The molecular formula is C25H26ClNO4S. The van der Waals surface area contributed by atoms with E-state index in [4.69, 9.17) is 21.1 Å². The zero-order chi connectivity index (χ0) is 23.3. The molecule has 0 spiro atoms. The zero-order valence-corrected chi connectivity index (χ0v) is 20.1. The van der Waals surface area contributed by atoms with Crippen LogP contribution in [0.2, 0.25) is 5.02 Å². The van der Waals surface area contributed by atoms with Crippen molar-refractivity contribution in [3.63, 3.8) is 0 Å². The molecule has 2 aromatic carbocycles. The molecule has 3 rings (SSSR count). The fourth-order valence-electron chi connectivity index (χ4n) is 3.19. The van der Waals surface area contributed by atoms with E-state index in [1.165, 1.54) is 16.9 Å². The molecule has 0 bridgehead atoms. The van der Waals surface area contributed by atoms with E-state index in [0.29, 0.717) is 21.3 Å². The molecule has 0 radical (unpaired) electrons. The van der Waals surface area contributed by atoms with Gasteiger partial charge in [-0.05, 0) is 62.1 Å². The highest BCUT2D eigenvalue weighted by Gasteiger charge is 2.25. The van der Waals surface area contributed by atoms with Gasteiger partial charge in [0.1, 0.15) is 16.3 Å². The second-order valence-electron chi connectivity index (χ2n) is 7.28. The van der Waals surface area contributed by atoms with Gasteiger partial charge in [0.05, 0.1) is 6.61 Å². The highest BCUT2D eigenvalue weighted by molar-refractivity contribution is 7.15. The molecule has 7 heteroatoms. The number of rotatable bonds is 8. The molecule has 0 aliphatic heterocycles. The Labute approximate surface area is 197 Å². The topological polar surface area (TPSA) is 64.6 Å². The minimum atomic E-state index is -0.778. The van der Waals surface area contributed by atoms with Crippen LogP contribution in [0, 0.1) is 6.92 Å². The predicted octanol–water partition coefficient (Wildman–Crippen LogP) is 6.52. The second-order valence-corrected chi connectivity index (χ2v) is 8.60. The third-order valence-corrected chi connectivity index (χ3v) is 6.12. The summed E-state index contributed by atoms with van der Waals surface area (Å²) in [6.45, 7) is 7.60. The standard InChI is InChI=1S/C25H26ClNO4S/c1-5-17-7-9-18(10-8-17)20-14-32-24(22(20)25(29)30-6-2)27-23(28)16(4)31-21-12-11-19(26)13-15(21)3/h7-14,16H,5-6H2,1-4H3,(H,27,28). The van der Waals surface area contributed by atoms with Gasteiger partial charge in [-0.25, -0.2) is 4.79 Å². The number of amides is 1. The number of anilines is 1. The van der Waals surface area contributed by atoms with Gasteiger partial charge in [0.2, 0.25) is 0 Å². The van der Waals surface area contributed by atoms with Crippen molar-refractivity contribution < 1.29 is 19.1 Å². The molecule has 168 valence electrons. The third kappa shape index (κ3) is 5.50. The summed E-state index contributed by atoms with van der Waals surface area (Å²) in [6.07, 6.45) is 0.153. The van der Waals surface area contributed by atoms with Gasteiger partial charge in [-0.3, -0.25) is 4.79 Å². The monoisotopic (exact) mass is 471 g/mol. The fourth-order valence-corrected chi connectivity index (χ4v) is 4.38. The van der Waals surface area contributed by atoms with Crippen LogP contribution in [0.5, 0.6) is 5.75 Å². The van der Waals surface area contributed by atoms with Crippen LogP contribution >= 0.6 is 22.9 Å². The minimum absolute atomic E-state index is 0.242. The Morgan fingerprint density at radius 1 is 1.12 bits per heavy atom. The average Bonchev–Trinajstić information content (AvgIpc) is 3.19. The lowest BCUT2D eigenvalue weighted by molar-refractivity contribution is -0.122. The first-order chi connectivity index (χ1) is 15.3. The third-order valence-electron chi connectivity index (χ3n) is 4.99. The highest BCUT2D eigenvalue weighted by atomic mass is 35.5. The van der Waals surface area contributed by atoms with Crippen LogP contribution in [-0.4, -0.2) is 24.6 Å². The van der Waals surface area contributed by atoms with E-state index in [0.717, 1.165) is 23.1 Å². The van der Waals surface area contributed by atoms with Crippen LogP contribution in [0.3, 0.4) is 0 Å². The molecule has 0 fully saturated rings. The Bertz CT molecular complexity index is 1110. The lowest BCUT2D eigenvalue weighted by Crippen LogP contribution is -2.30. The summed E-state index contributed by atoms with van der Waals surface area (Å²) < 4.78 is 11.1. The average molecular weight is 472 g/mol. The lowest BCUT2D eigenvalue weighted by atomic mass is 10.0. The first-order valence-electron chi connectivity index (χ1n) is 10.5. The summed E-state index contributed by atoms with van der Waals surface area (Å²) >= 11 is 7.28. The number of aryl methyl sites for hydroxylation is 2. The molecule has 1 atom stereocenters. The molecule has 1 aromatic heterocycles. The Balaban J connectivity index is 1.85. The number of hydrogen-bond acceptors (Lipinski definition) is 5. The Hall–Kier alpha value is -2.83. The lowest BCUT2D eigenvalue weighted by Gasteiger charge is -2.16. The van der Waals surface area contributed by atoms with Crippen molar-refractivity contribution in [1.82, 2.24) is 0 Å². The van der Waals surface area contributed by atoms with Gasteiger partial charge in [0, 0.05) is 16.0 Å². The SMILES string of the molecule is CCOC(=O)c1c(-c2ccc(CC)cc2)csc1NC(=O)C(C)Oc1ccc(Cl)cc1C. The molecular weight excluding hydrogens is 446 g/mol. The number of thiophene rings is 1. The highest BCUT2D eigenvalue weighted by Crippen LogP contribution is 2.36. The van der Waals surface area contributed by atoms with E-state index in [1.807, 2.05) is 36.6 Å². The van der Waals surface area contributed by atoms with Crippen LogP contribution in [-0.2, 0) is 16.0 Å². The molecule has 0 aliphatic rings. The van der Waals surface area contributed by atoms with Gasteiger partial charge in [-0.15, -0.1) is 11.3 Å². The molecule has 0 aliphatic carbocycles. The second kappa shape index (κ2) is 10.7. The number of halogens is 1. The van der Waals surface area contributed by atoms with Crippen LogP contribution in [0.15, 0.2) is 47.8 Å². The van der Waals surface area contributed by atoms with Crippen LogP contribution in [0.4, 0.5) is 5.00 Å². The van der Waals surface area contributed by atoms with Crippen LogP contribution in [0.1, 0.15) is 42.3 Å². The van der Waals surface area contributed by atoms with Crippen molar-refractivity contribution in [2.45, 2.75) is 40.2 Å². The number of benzene rings is 2. The predicted molar refractivity (Wildman–Crippen MR) is 130 cm³/mol. The van der Waals surface area contributed by atoms with Crippen LogP contribution in [0.25, 0.3) is 11.1 Å². The van der Waals surface area contributed by atoms with E-state index in [1.54, 1.807) is 32.0 Å². The van der Waals surface area contributed by atoms with Gasteiger partial charge in [0.15, 0.2) is 6.10 Å². The van der Waals surface area contributed by atoms with E-state index in [9.17, 15) is 9.59 Å². The maximum absolute atomic E-state index is 12.8. The summed E-state index contributed by atoms with van der Waals surface area (Å²) in [5.74, 6) is -0.258. The molecule has 3 aromatic rings. The minimum Gasteiger partial charge on any atom is -0.481 e. The number of nitrogens with one attached hydrogen (secondary N) is 1. The van der Waals surface area contributed by atoms with E-state index in [2.05, 4.69) is 12.2 Å². The maximum atomic E-state index is 12.8. The Morgan fingerprint density at radius 2 is 1.84 bits per heavy atom. The molecule has 1 amide bonds. The molecule has 1 heterocycles. The molecule has 1 unspecified atom stereocenters. The van der Waals surface area contributed by atoms with Crippen molar-refractivity contribution in [1.29, 1.82) is 0 Å². The fraction of sp³-hybridized carbons (Fsp3) is 0.280. The van der Waals surface area contributed by atoms with Crippen LogP contribution < -0.4 is 10.1 Å². The number of hydrogen-bond donors (Lipinski definition) is 1. The number of esters is 1. The van der Waals surface area contributed by atoms with Crippen molar-refractivity contribution >= 4 is 39.8 Å². The number of carbonyl (C=O) groups is 2. The summed E-state index contributed by atoms with van der Waals surface area (Å²) in [5, 5.41) is 5.74. The van der Waals surface area contributed by atoms with E-state index in [-0.39, 0.29) is 12.5 Å². The molecule has 1 N–H and O–H groups in total. The summed E-state index contributed by atoms with van der Waals surface area (Å²) in [7, 11) is 0. The normalized spacial score (nSPS) is 11.7. The first-order valence-corrected chi connectivity index (χ1v) is 11.7. The molecule has 0 saturated heterocycles. The van der Waals surface area contributed by atoms with E-state index >= 15 is 0 Å². The van der Waals surface area contributed by atoms with Crippen molar-refractivity contribution in [2.24, 2.45) is 0 Å². The summed E-state index contributed by atoms with van der Waals surface area (Å²) in [5.41, 5.74) is 4.01. The quantitative estimate of drug-likeness (QED) is 0.380. The largest absolute Gasteiger partial charge is 0.481 e. The Kier molecular flexibility index (Phi) is 7.94. The first kappa shape index (κ1) is 23.8.